The summed E-state index contributed by atoms with van der Waals surface area (Å²) < 4.78 is 0. The van der Waals surface area contributed by atoms with Crippen LogP contribution in [0.15, 0.2) is 24.2 Å². The molecule has 14 heavy (non-hydrogen) atoms. The molecule has 0 aromatic carbocycles. The van der Waals surface area contributed by atoms with Gasteiger partial charge in [-0.3, -0.25) is 0 Å². The molecule has 0 heterocycles. The maximum absolute atomic E-state index is 3.03. The zero-order chi connectivity index (χ0) is 10.8. The minimum atomic E-state index is 1.09. The third-order valence-corrected chi connectivity index (χ3v) is 2.24. The van der Waals surface area contributed by atoms with Gasteiger partial charge in [0.2, 0.25) is 0 Å². The van der Waals surface area contributed by atoms with E-state index in [-0.39, 0.29) is 0 Å². The van der Waals surface area contributed by atoms with Crippen LogP contribution < -0.4 is 5.32 Å². The molecule has 0 aromatic rings. The molecule has 0 radical (unpaired) electrons. The normalized spacial score (nSPS) is 12.1. The van der Waals surface area contributed by atoms with Gasteiger partial charge in [0.05, 0.1) is 0 Å². The fraction of sp³-hybridized carbons (Fsp3) is 0.667. The first-order chi connectivity index (χ1) is 6.79. The average Bonchev–Trinajstić information content (AvgIpc) is 2.22. The molecule has 0 atom stereocenters. The van der Waals surface area contributed by atoms with Crippen LogP contribution in [0.25, 0.3) is 0 Å². The largest absolute Gasteiger partial charge is 0.393 e. The fourth-order valence-electron chi connectivity index (χ4n) is 1.38. The molecule has 1 N–H and O–H groups in total. The van der Waals surface area contributed by atoms with Gasteiger partial charge in [0.15, 0.2) is 0 Å². The lowest BCUT2D eigenvalue weighted by Crippen LogP contribution is -2.18. The predicted molar refractivity (Wildman–Crippen MR) is 63.9 cm³/mol. The van der Waals surface area contributed by atoms with E-state index in [9.17, 15) is 0 Å². The van der Waals surface area contributed by atoms with Crippen LogP contribution in [0.1, 0.15) is 40.0 Å². The second-order valence-corrected chi connectivity index (χ2v) is 3.28. The Kier molecular flexibility index (Phi) is 8.10. The Morgan fingerprint density at radius 3 is 2.50 bits per heavy atom. The van der Waals surface area contributed by atoms with Gasteiger partial charge in [-0.05, 0) is 19.8 Å². The number of hydrogen-bond acceptors (Lipinski definition) is 2. The standard InChI is InChI=1S/C12H24N2/c1-5-8-10-14(11-9-13-4)12(6-2)7-3/h6,9,11,13H,5,7-8,10H2,1-4H3/b11-9-,12-6+. The number of rotatable bonds is 7. The van der Waals surface area contributed by atoms with Crippen LogP contribution in [0.5, 0.6) is 0 Å². The summed E-state index contributed by atoms with van der Waals surface area (Å²) in [6, 6.07) is 0. The number of nitrogens with zero attached hydrogens (tertiary/aromatic N) is 1. The van der Waals surface area contributed by atoms with Gasteiger partial charge in [-0.15, -0.1) is 0 Å². The first-order valence-electron chi connectivity index (χ1n) is 5.55. The maximum Gasteiger partial charge on any atom is 0.0222 e. The molecule has 2 nitrogen and oxygen atoms in total. The topological polar surface area (TPSA) is 15.3 Å². The minimum absolute atomic E-state index is 1.09. The number of unbranched alkanes of at least 4 members (excludes halogenated alkanes) is 1. The van der Waals surface area contributed by atoms with Crippen LogP contribution in [-0.2, 0) is 0 Å². The van der Waals surface area contributed by atoms with Crippen LogP contribution in [0.3, 0.4) is 0 Å². The summed E-state index contributed by atoms with van der Waals surface area (Å²) in [5.74, 6) is 0. The van der Waals surface area contributed by atoms with Gasteiger partial charge in [-0.25, -0.2) is 0 Å². The summed E-state index contributed by atoms with van der Waals surface area (Å²) in [6.45, 7) is 7.63. The molecule has 82 valence electrons. The van der Waals surface area contributed by atoms with Gasteiger partial charge in [-0.1, -0.05) is 26.3 Å². The van der Waals surface area contributed by atoms with E-state index in [0.29, 0.717) is 0 Å². The molecule has 0 unspecified atom stereocenters. The van der Waals surface area contributed by atoms with Crippen molar-refractivity contribution in [2.24, 2.45) is 0 Å². The van der Waals surface area contributed by atoms with E-state index in [1.54, 1.807) is 0 Å². The van der Waals surface area contributed by atoms with Crippen molar-refractivity contribution < 1.29 is 0 Å². The summed E-state index contributed by atoms with van der Waals surface area (Å²) in [5.41, 5.74) is 1.39. The highest BCUT2D eigenvalue weighted by molar-refractivity contribution is 5.03. The van der Waals surface area contributed by atoms with Crippen molar-refractivity contribution in [2.75, 3.05) is 13.6 Å². The van der Waals surface area contributed by atoms with Crippen molar-refractivity contribution in [2.45, 2.75) is 40.0 Å². The smallest absolute Gasteiger partial charge is 0.0222 e. The SMILES string of the molecule is C/C=C(\CC)N(/C=C\NC)CCCC. The molecule has 0 aromatic heterocycles. The summed E-state index contributed by atoms with van der Waals surface area (Å²) in [4.78, 5) is 2.32. The van der Waals surface area contributed by atoms with Crippen molar-refractivity contribution >= 4 is 0 Å². The predicted octanol–water partition coefficient (Wildman–Crippen LogP) is 3.09. The highest BCUT2D eigenvalue weighted by Crippen LogP contribution is 2.10. The zero-order valence-corrected chi connectivity index (χ0v) is 10.0. The van der Waals surface area contributed by atoms with Crippen LogP contribution in [0.4, 0.5) is 0 Å². The third-order valence-electron chi connectivity index (χ3n) is 2.24. The van der Waals surface area contributed by atoms with Crippen molar-refractivity contribution in [1.82, 2.24) is 10.2 Å². The average molecular weight is 196 g/mol. The highest BCUT2D eigenvalue weighted by Gasteiger charge is 2.02. The van der Waals surface area contributed by atoms with Gasteiger partial charge < -0.3 is 10.2 Å². The lowest BCUT2D eigenvalue weighted by atomic mass is 10.2. The van der Waals surface area contributed by atoms with E-state index in [2.05, 4.69) is 43.3 Å². The third kappa shape index (κ3) is 4.95. The monoisotopic (exact) mass is 196 g/mol. The molecule has 2 heteroatoms. The van der Waals surface area contributed by atoms with Gasteiger partial charge in [0.25, 0.3) is 0 Å². The Morgan fingerprint density at radius 2 is 2.07 bits per heavy atom. The molecule has 0 amide bonds. The van der Waals surface area contributed by atoms with Gasteiger partial charge in [0.1, 0.15) is 0 Å². The van der Waals surface area contributed by atoms with E-state index in [4.69, 9.17) is 0 Å². The van der Waals surface area contributed by atoms with Gasteiger partial charge in [-0.2, -0.15) is 0 Å². The van der Waals surface area contributed by atoms with E-state index >= 15 is 0 Å². The van der Waals surface area contributed by atoms with Crippen molar-refractivity contribution in [1.29, 1.82) is 0 Å². The summed E-state index contributed by atoms with van der Waals surface area (Å²) in [5, 5.41) is 3.03. The number of hydrogen-bond donors (Lipinski definition) is 1. The fourth-order valence-corrected chi connectivity index (χ4v) is 1.38. The van der Waals surface area contributed by atoms with Crippen molar-refractivity contribution in [3.63, 3.8) is 0 Å². The maximum atomic E-state index is 3.03. The molecule has 0 aliphatic rings. The van der Waals surface area contributed by atoms with Crippen molar-refractivity contribution in [3.8, 4) is 0 Å². The van der Waals surface area contributed by atoms with Crippen LogP contribution in [0, 0.1) is 0 Å². The lowest BCUT2D eigenvalue weighted by Gasteiger charge is -2.22. The molecule has 0 bridgehead atoms. The number of allylic oxidation sites excluding steroid dienone is 2. The first kappa shape index (κ1) is 13.1. The van der Waals surface area contributed by atoms with E-state index < -0.39 is 0 Å². The molecular formula is C12H24N2. The Morgan fingerprint density at radius 1 is 1.36 bits per heavy atom. The van der Waals surface area contributed by atoms with Gasteiger partial charge >= 0.3 is 0 Å². The Hall–Kier alpha value is -0.920. The summed E-state index contributed by atoms with van der Waals surface area (Å²) in [6.07, 6.45) is 9.86. The van der Waals surface area contributed by atoms with Crippen LogP contribution in [-0.4, -0.2) is 18.5 Å². The molecule has 0 aliphatic carbocycles. The van der Waals surface area contributed by atoms with E-state index in [1.165, 1.54) is 18.5 Å². The second-order valence-electron chi connectivity index (χ2n) is 3.28. The molecular weight excluding hydrogens is 172 g/mol. The summed E-state index contributed by atoms with van der Waals surface area (Å²) in [7, 11) is 1.93. The van der Waals surface area contributed by atoms with Crippen LogP contribution >= 0.6 is 0 Å². The molecule has 0 rings (SSSR count). The molecule has 0 saturated heterocycles. The second kappa shape index (κ2) is 8.67. The lowest BCUT2D eigenvalue weighted by molar-refractivity contribution is 0.433. The minimum Gasteiger partial charge on any atom is -0.393 e. The molecule has 0 fully saturated rings. The Balaban J connectivity index is 4.29. The molecule has 0 spiro atoms. The van der Waals surface area contributed by atoms with Crippen molar-refractivity contribution in [3.05, 3.63) is 24.2 Å². The van der Waals surface area contributed by atoms with Gasteiger partial charge in [0, 0.05) is 31.7 Å². The zero-order valence-electron chi connectivity index (χ0n) is 10.0. The van der Waals surface area contributed by atoms with E-state index in [0.717, 1.165) is 13.0 Å². The van der Waals surface area contributed by atoms with Crippen LogP contribution in [0.2, 0.25) is 0 Å². The Labute approximate surface area is 88.7 Å². The highest BCUT2D eigenvalue weighted by atomic mass is 15.1. The number of nitrogens with one attached hydrogen (secondary N) is 1. The molecule has 0 aliphatic heterocycles. The molecule has 0 saturated carbocycles. The Bertz CT molecular complexity index is 183. The quantitative estimate of drug-likeness (QED) is 0.673. The summed E-state index contributed by atoms with van der Waals surface area (Å²) >= 11 is 0. The van der Waals surface area contributed by atoms with E-state index in [1.807, 2.05) is 13.2 Å². The first-order valence-corrected chi connectivity index (χ1v) is 5.55.